The molecule has 0 radical (unpaired) electrons. The number of nitrogens with one attached hydrogen (secondary N) is 1. The molecule has 1 N–H and O–H groups in total. The first kappa shape index (κ1) is 18.1. The van der Waals surface area contributed by atoms with Crippen LogP contribution >= 0.6 is 0 Å². The van der Waals surface area contributed by atoms with Crippen LogP contribution in [0.4, 0.5) is 5.69 Å². The van der Waals surface area contributed by atoms with E-state index in [4.69, 9.17) is 9.47 Å². The minimum Gasteiger partial charge on any atom is -0.494 e. The number of amides is 1. The number of carbonyl (C=O) groups excluding carboxylic acids is 1. The van der Waals surface area contributed by atoms with Crippen LogP contribution < -0.4 is 14.8 Å². The fourth-order valence-electron chi connectivity index (χ4n) is 2.96. The lowest BCUT2D eigenvalue weighted by atomic mass is 10.2. The quantitative estimate of drug-likeness (QED) is 0.787. The topological polar surface area (TPSA) is 50.8 Å². The predicted octanol–water partition coefficient (Wildman–Crippen LogP) is 3.57. The number of rotatable bonds is 8. The van der Waals surface area contributed by atoms with Crippen molar-refractivity contribution in [2.24, 2.45) is 0 Å². The van der Waals surface area contributed by atoms with E-state index in [-0.39, 0.29) is 18.6 Å². The Hall–Kier alpha value is -2.69. The normalized spacial score (nSPS) is 16.3. The molecule has 1 saturated heterocycles. The largest absolute Gasteiger partial charge is 0.494 e. The van der Waals surface area contributed by atoms with E-state index in [9.17, 15) is 4.79 Å². The molecule has 1 amide bonds. The Bertz CT molecular complexity index is 688. The van der Waals surface area contributed by atoms with E-state index in [2.05, 4.69) is 12.2 Å². The van der Waals surface area contributed by atoms with Gasteiger partial charge in [0.2, 0.25) is 0 Å². The van der Waals surface area contributed by atoms with Crippen LogP contribution in [0.5, 0.6) is 11.5 Å². The molecule has 2 aromatic rings. The first-order chi connectivity index (χ1) is 12.7. The Morgan fingerprint density at radius 1 is 1.08 bits per heavy atom. The van der Waals surface area contributed by atoms with Crippen molar-refractivity contribution in [3.63, 3.8) is 0 Å². The van der Waals surface area contributed by atoms with Gasteiger partial charge in [-0.05, 0) is 49.2 Å². The molecule has 26 heavy (non-hydrogen) atoms. The summed E-state index contributed by atoms with van der Waals surface area (Å²) in [6.07, 6.45) is 1.92. The van der Waals surface area contributed by atoms with Gasteiger partial charge < -0.3 is 19.7 Å². The Labute approximate surface area is 154 Å². The number of benzene rings is 2. The number of hydrogen-bond acceptors (Lipinski definition) is 4. The van der Waals surface area contributed by atoms with E-state index < -0.39 is 0 Å². The molecule has 1 heterocycles. The van der Waals surface area contributed by atoms with Gasteiger partial charge in [-0.3, -0.25) is 4.79 Å². The van der Waals surface area contributed by atoms with E-state index in [1.165, 1.54) is 0 Å². The Morgan fingerprint density at radius 2 is 1.77 bits per heavy atom. The summed E-state index contributed by atoms with van der Waals surface area (Å²) in [4.78, 5) is 14.2. The zero-order valence-corrected chi connectivity index (χ0v) is 15.2. The summed E-state index contributed by atoms with van der Waals surface area (Å²) in [6, 6.07) is 17.8. The molecule has 0 aromatic heterocycles. The average Bonchev–Trinajstić information content (AvgIpc) is 3.14. The molecular formula is C21H26N2O3. The first-order valence-electron chi connectivity index (χ1n) is 9.19. The number of likely N-dealkylation sites (tertiary alicyclic amines) is 1. The maximum absolute atomic E-state index is 12.4. The van der Waals surface area contributed by atoms with Gasteiger partial charge in [-0.15, -0.1) is 0 Å². The molecule has 0 saturated carbocycles. The van der Waals surface area contributed by atoms with Crippen molar-refractivity contribution in [2.75, 3.05) is 31.6 Å². The van der Waals surface area contributed by atoms with Crippen LogP contribution in [0, 0.1) is 0 Å². The summed E-state index contributed by atoms with van der Waals surface area (Å²) in [5.41, 5.74) is 1.09. The third-order valence-corrected chi connectivity index (χ3v) is 4.34. The molecule has 1 fully saturated rings. The third-order valence-electron chi connectivity index (χ3n) is 4.34. The number of hydrogen-bond donors (Lipinski definition) is 1. The molecule has 138 valence electrons. The fourth-order valence-corrected chi connectivity index (χ4v) is 2.96. The minimum atomic E-state index is 0.0219. The molecule has 1 atom stereocenters. The lowest BCUT2D eigenvalue weighted by Crippen LogP contribution is -2.34. The van der Waals surface area contributed by atoms with Crippen molar-refractivity contribution >= 4 is 11.6 Å². The van der Waals surface area contributed by atoms with Gasteiger partial charge in [-0.25, -0.2) is 0 Å². The molecule has 1 aliphatic rings. The number of nitrogens with zero attached hydrogens (tertiary/aromatic N) is 1. The molecule has 3 rings (SSSR count). The standard InChI is InChI=1S/C21H26N2O3/c1-2-14-25-19-8-10-20(11-9-19)26-16-21(24)23-13-12-18(15-23)22-17-6-4-3-5-7-17/h3-11,18,22H,2,12-16H2,1H3. The second-order valence-electron chi connectivity index (χ2n) is 6.44. The van der Waals surface area contributed by atoms with Gasteiger partial charge in [-0.2, -0.15) is 0 Å². The van der Waals surface area contributed by atoms with Crippen LogP contribution in [-0.2, 0) is 4.79 Å². The maximum Gasteiger partial charge on any atom is 0.260 e. The van der Waals surface area contributed by atoms with Crippen molar-refractivity contribution in [3.05, 3.63) is 54.6 Å². The minimum absolute atomic E-state index is 0.0219. The van der Waals surface area contributed by atoms with Gasteiger partial charge in [0.05, 0.1) is 6.61 Å². The molecule has 5 heteroatoms. The lowest BCUT2D eigenvalue weighted by Gasteiger charge is -2.18. The zero-order chi connectivity index (χ0) is 18.2. The molecule has 0 spiro atoms. The van der Waals surface area contributed by atoms with E-state index in [0.717, 1.165) is 30.8 Å². The van der Waals surface area contributed by atoms with Crippen molar-refractivity contribution in [1.82, 2.24) is 4.90 Å². The summed E-state index contributed by atoms with van der Waals surface area (Å²) < 4.78 is 11.2. The van der Waals surface area contributed by atoms with Crippen molar-refractivity contribution < 1.29 is 14.3 Å². The van der Waals surface area contributed by atoms with Gasteiger partial charge in [0.1, 0.15) is 11.5 Å². The maximum atomic E-state index is 12.4. The highest BCUT2D eigenvalue weighted by Gasteiger charge is 2.26. The number of para-hydroxylation sites is 1. The highest BCUT2D eigenvalue weighted by molar-refractivity contribution is 5.78. The van der Waals surface area contributed by atoms with Gasteiger partial charge in [0.25, 0.3) is 5.91 Å². The van der Waals surface area contributed by atoms with Crippen molar-refractivity contribution in [1.29, 1.82) is 0 Å². The van der Waals surface area contributed by atoms with Crippen LogP contribution in [0.25, 0.3) is 0 Å². The van der Waals surface area contributed by atoms with Crippen molar-refractivity contribution in [3.8, 4) is 11.5 Å². The van der Waals surface area contributed by atoms with E-state index in [1.807, 2.05) is 59.5 Å². The Kier molecular flexibility index (Phi) is 6.36. The van der Waals surface area contributed by atoms with Gasteiger partial charge in [-0.1, -0.05) is 25.1 Å². The molecule has 1 aliphatic heterocycles. The van der Waals surface area contributed by atoms with Crippen LogP contribution in [0.3, 0.4) is 0 Å². The van der Waals surface area contributed by atoms with E-state index in [0.29, 0.717) is 18.9 Å². The summed E-state index contributed by atoms with van der Waals surface area (Å²) in [7, 11) is 0. The van der Waals surface area contributed by atoms with Gasteiger partial charge in [0, 0.05) is 24.8 Å². The van der Waals surface area contributed by atoms with Crippen molar-refractivity contribution in [2.45, 2.75) is 25.8 Å². The highest BCUT2D eigenvalue weighted by atomic mass is 16.5. The SMILES string of the molecule is CCCOc1ccc(OCC(=O)N2CCC(Nc3ccccc3)C2)cc1. The molecule has 0 bridgehead atoms. The van der Waals surface area contributed by atoms with Crippen LogP contribution in [0.2, 0.25) is 0 Å². The average molecular weight is 354 g/mol. The number of carbonyl (C=O) groups is 1. The zero-order valence-electron chi connectivity index (χ0n) is 15.2. The van der Waals surface area contributed by atoms with E-state index >= 15 is 0 Å². The number of anilines is 1. The summed E-state index contributed by atoms with van der Waals surface area (Å²) in [5, 5.41) is 3.47. The second kappa shape index (κ2) is 9.13. The molecule has 1 unspecified atom stereocenters. The highest BCUT2D eigenvalue weighted by Crippen LogP contribution is 2.19. The van der Waals surface area contributed by atoms with Crippen LogP contribution in [0.1, 0.15) is 19.8 Å². The van der Waals surface area contributed by atoms with Crippen LogP contribution in [0.15, 0.2) is 54.6 Å². The van der Waals surface area contributed by atoms with E-state index in [1.54, 1.807) is 0 Å². The molecule has 0 aliphatic carbocycles. The smallest absolute Gasteiger partial charge is 0.260 e. The summed E-state index contributed by atoms with van der Waals surface area (Å²) in [5.74, 6) is 1.52. The van der Waals surface area contributed by atoms with Gasteiger partial charge in [0.15, 0.2) is 6.61 Å². The third kappa shape index (κ3) is 5.15. The molecule has 2 aromatic carbocycles. The Balaban J connectivity index is 1.42. The number of ether oxygens (including phenoxy) is 2. The Morgan fingerprint density at radius 3 is 2.46 bits per heavy atom. The molecular weight excluding hydrogens is 328 g/mol. The summed E-state index contributed by atoms with van der Waals surface area (Å²) in [6.45, 7) is 4.30. The monoisotopic (exact) mass is 354 g/mol. The molecule has 5 nitrogen and oxygen atoms in total. The van der Waals surface area contributed by atoms with Gasteiger partial charge >= 0.3 is 0 Å². The predicted molar refractivity (Wildman–Crippen MR) is 103 cm³/mol. The van der Waals surface area contributed by atoms with Crippen LogP contribution in [-0.4, -0.2) is 43.2 Å². The fraction of sp³-hybridized carbons (Fsp3) is 0.381. The lowest BCUT2D eigenvalue weighted by molar-refractivity contribution is -0.132. The second-order valence-corrected chi connectivity index (χ2v) is 6.44. The summed E-state index contributed by atoms with van der Waals surface area (Å²) >= 11 is 0. The first-order valence-corrected chi connectivity index (χ1v) is 9.19.